The molecule has 5 heteroatoms. The predicted molar refractivity (Wildman–Crippen MR) is 89.7 cm³/mol. The highest BCUT2D eigenvalue weighted by atomic mass is 16.2. The highest BCUT2D eigenvalue weighted by Crippen LogP contribution is 2.23. The molecule has 1 heterocycles. The van der Waals surface area contributed by atoms with Crippen LogP contribution in [0, 0.1) is 12.3 Å². The summed E-state index contributed by atoms with van der Waals surface area (Å²) < 4.78 is 0. The Labute approximate surface area is 135 Å². The minimum Gasteiger partial charge on any atom is -0.334 e. The number of carbonyl (C=O) groups is 1. The summed E-state index contributed by atoms with van der Waals surface area (Å²) in [5.41, 5.74) is 0. The summed E-state index contributed by atoms with van der Waals surface area (Å²) in [5, 5.41) is 3.14. The van der Waals surface area contributed by atoms with Crippen LogP contribution in [0.15, 0.2) is 0 Å². The Morgan fingerprint density at radius 3 is 2.55 bits per heavy atom. The van der Waals surface area contributed by atoms with E-state index in [2.05, 4.69) is 35.0 Å². The SMILES string of the molecule is C#CCN(C(=O)NC(C)CN1CCN(C)CC1)C1CCCC1. The van der Waals surface area contributed by atoms with E-state index in [0.29, 0.717) is 12.6 Å². The van der Waals surface area contributed by atoms with Gasteiger partial charge in [0.05, 0.1) is 6.54 Å². The number of nitrogens with one attached hydrogen (secondary N) is 1. The fraction of sp³-hybridized carbons (Fsp3) is 0.824. The molecule has 0 aromatic carbocycles. The van der Waals surface area contributed by atoms with Crippen molar-refractivity contribution in [1.82, 2.24) is 20.0 Å². The van der Waals surface area contributed by atoms with E-state index in [9.17, 15) is 4.79 Å². The Morgan fingerprint density at radius 1 is 1.32 bits per heavy atom. The average Bonchev–Trinajstić information content (AvgIpc) is 3.01. The van der Waals surface area contributed by atoms with E-state index in [1.807, 2.05) is 4.90 Å². The second-order valence-electron chi connectivity index (χ2n) is 6.72. The van der Waals surface area contributed by atoms with Crippen LogP contribution in [-0.2, 0) is 0 Å². The summed E-state index contributed by atoms with van der Waals surface area (Å²) >= 11 is 0. The third kappa shape index (κ3) is 4.89. The van der Waals surface area contributed by atoms with Gasteiger partial charge in [-0.2, -0.15) is 0 Å². The van der Waals surface area contributed by atoms with Crippen LogP contribution in [0.25, 0.3) is 0 Å². The van der Waals surface area contributed by atoms with E-state index in [4.69, 9.17) is 6.42 Å². The Hall–Kier alpha value is -1.25. The number of nitrogens with zero attached hydrogens (tertiary/aromatic N) is 3. The molecule has 1 saturated carbocycles. The smallest absolute Gasteiger partial charge is 0.318 e. The largest absolute Gasteiger partial charge is 0.334 e. The Kier molecular flexibility index (Phi) is 6.53. The Bertz CT molecular complexity index is 392. The molecule has 0 aromatic rings. The van der Waals surface area contributed by atoms with E-state index in [1.54, 1.807) is 0 Å². The van der Waals surface area contributed by atoms with Gasteiger partial charge in [-0.15, -0.1) is 6.42 Å². The van der Waals surface area contributed by atoms with Gasteiger partial charge in [0.15, 0.2) is 0 Å². The van der Waals surface area contributed by atoms with Gasteiger partial charge in [-0.25, -0.2) is 4.79 Å². The first-order chi connectivity index (χ1) is 10.6. The molecule has 1 saturated heterocycles. The number of carbonyl (C=O) groups excluding carboxylic acids is 1. The molecule has 1 unspecified atom stereocenters. The van der Waals surface area contributed by atoms with Gasteiger partial charge >= 0.3 is 6.03 Å². The topological polar surface area (TPSA) is 38.8 Å². The lowest BCUT2D eigenvalue weighted by molar-refractivity contribution is 0.140. The molecule has 0 radical (unpaired) electrons. The molecular weight excluding hydrogens is 276 g/mol. The predicted octanol–water partition coefficient (Wildman–Crippen LogP) is 1.21. The van der Waals surface area contributed by atoms with Crippen molar-refractivity contribution in [2.45, 2.75) is 44.7 Å². The summed E-state index contributed by atoms with van der Waals surface area (Å²) in [4.78, 5) is 19.1. The molecule has 1 atom stereocenters. The summed E-state index contributed by atoms with van der Waals surface area (Å²) in [7, 11) is 2.15. The third-order valence-electron chi connectivity index (χ3n) is 4.79. The van der Waals surface area contributed by atoms with Crippen LogP contribution in [0.2, 0.25) is 0 Å². The van der Waals surface area contributed by atoms with E-state index >= 15 is 0 Å². The van der Waals surface area contributed by atoms with E-state index in [0.717, 1.165) is 45.6 Å². The highest BCUT2D eigenvalue weighted by molar-refractivity contribution is 5.75. The number of piperazine rings is 1. The normalized spacial score (nSPS) is 22.2. The van der Waals surface area contributed by atoms with Gasteiger partial charge in [-0.3, -0.25) is 4.90 Å². The van der Waals surface area contributed by atoms with Crippen molar-refractivity contribution in [2.24, 2.45) is 0 Å². The minimum absolute atomic E-state index is 0.00600. The lowest BCUT2D eigenvalue weighted by Gasteiger charge is -2.35. The van der Waals surface area contributed by atoms with E-state index in [-0.39, 0.29) is 12.1 Å². The quantitative estimate of drug-likeness (QED) is 0.776. The van der Waals surface area contributed by atoms with Gasteiger partial charge in [0.2, 0.25) is 0 Å². The molecule has 2 rings (SSSR count). The van der Waals surface area contributed by atoms with Crippen LogP contribution in [-0.4, -0.2) is 79.1 Å². The second kappa shape index (κ2) is 8.40. The van der Waals surface area contributed by atoms with Crippen LogP contribution in [0.1, 0.15) is 32.6 Å². The number of rotatable bonds is 5. The third-order valence-corrected chi connectivity index (χ3v) is 4.79. The number of amides is 2. The maximum Gasteiger partial charge on any atom is 0.318 e. The molecule has 5 nitrogen and oxygen atoms in total. The zero-order chi connectivity index (χ0) is 15.9. The standard InChI is InChI=1S/C17H30N4O/c1-4-9-21(16-7-5-6-8-16)17(22)18-15(2)14-20-12-10-19(3)11-13-20/h1,15-16H,5-14H2,2-3H3,(H,18,22). The molecule has 2 amide bonds. The van der Waals surface area contributed by atoms with Gasteiger partial charge in [0, 0.05) is 44.8 Å². The summed E-state index contributed by atoms with van der Waals surface area (Å²) in [5.74, 6) is 2.63. The van der Waals surface area contributed by atoms with Crippen molar-refractivity contribution in [3.63, 3.8) is 0 Å². The average molecular weight is 306 g/mol. The zero-order valence-electron chi connectivity index (χ0n) is 14.1. The lowest BCUT2D eigenvalue weighted by Crippen LogP contribution is -2.53. The number of urea groups is 1. The molecule has 2 fully saturated rings. The molecule has 1 aliphatic heterocycles. The van der Waals surface area contributed by atoms with Gasteiger partial charge in [-0.1, -0.05) is 18.8 Å². The van der Waals surface area contributed by atoms with Crippen molar-refractivity contribution in [3.8, 4) is 12.3 Å². The van der Waals surface area contributed by atoms with Gasteiger partial charge in [0.1, 0.15) is 0 Å². The number of hydrogen-bond donors (Lipinski definition) is 1. The van der Waals surface area contributed by atoms with Gasteiger partial charge < -0.3 is 15.1 Å². The first-order valence-corrected chi connectivity index (χ1v) is 8.51. The maximum atomic E-state index is 12.5. The van der Waals surface area contributed by atoms with Gasteiger partial charge in [-0.05, 0) is 26.8 Å². The first-order valence-electron chi connectivity index (χ1n) is 8.51. The molecule has 1 aliphatic carbocycles. The van der Waals surface area contributed by atoms with Crippen molar-refractivity contribution in [2.75, 3.05) is 46.3 Å². The van der Waals surface area contributed by atoms with Crippen LogP contribution in [0.4, 0.5) is 4.79 Å². The zero-order valence-corrected chi connectivity index (χ0v) is 14.1. The molecule has 124 valence electrons. The molecule has 0 bridgehead atoms. The summed E-state index contributed by atoms with van der Waals surface area (Å²) in [6.07, 6.45) is 10.0. The highest BCUT2D eigenvalue weighted by Gasteiger charge is 2.27. The van der Waals surface area contributed by atoms with Crippen LogP contribution < -0.4 is 5.32 Å². The molecule has 2 aliphatic rings. The Balaban J connectivity index is 1.79. The minimum atomic E-state index is 0.00600. The van der Waals surface area contributed by atoms with Crippen molar-refractivity contribution in [1.29, 1.82) is 0 Å². The maximum absolute atomic E-state index is 12.5. The van der Waals surface area contributed by atoms with Crippen molar-refractivity contribution in [3.05, 3.63) is 0 Å². The molecule has 1 N–H and O–H groups in total. The van der Waals surface area contributed by atoms with E-state index in [1.165, 1.54) is 12.8 Å². The molecular formula is C17H30N4O. The van der Waals surface area contributed by atoms with Crippen LogP contribution in [0.5, 0.6) is 0 Å². The fourth-order valence-electron chi connectivity index (χ4n) is 3.44. The summed E-state index contributed by atoms with van der Waals surface area (Å²) in [6.45, 7) is 7.77. The molecule has 22 heavy (non-hydrogen) atoms. The van der Waals surface area contributed by atoms with Crippen LogP contribution in [0.3, 0.4) is 0 Å². The Morgan fingerprint density at radius 2 is 1.95 bits per heavy atom. The first kappa shape index (κ1) is 17.1. The van der Waals surface area contributed by atoms with Crippen LogP contribution >= 0.6 is 0 Å². The second-order valence-corrected chi connectivity index (χ2v) is 6.72. The molecule has 0 aromatic heterocycles. The fourth-order valence-corrected chi connectivity index (χ4v) is 3.44. The van der Waals surface area contributed by atoms with Crippen molar-refractivity contribution >= 4 is 6.03 Å². The monoisotopic (exact) mass is 306 g/mol. The number of hydrogen-bond acceptors (Lipinski definition) is 3. The van der Waals surface area contributed by atoms with Crippen molar-refractivity contribution < 1.29 is 4.79 Å². The summed E-state index contributed by atoms with van der Waals surface area (Å²) in [6, 6.07) is 0.482. The molecule has 0 spiro atoms. The number of terminal acetylenes is 1. The number of likely N-dealkylation sites (N-methyl/N-ethyl adjacent to an activating group) is 1. The lowest BCUT2D eigenvalue weighted by atomic mass is 10.2. The van der Waals surface area contributed by atoms with Gasteiger partial charge in [0.25, 0.3) is 0 Å². The van der Waals surface area contributed by atoms with E-state index < -0.39 is 0 Å².